The molecule has 0 N–H and O–H groups in total. The molecule has 0 atom stereocenters. The molecule has 0 saturated heterocycles. The largest absolute Gasteiger partial charge is 0.460 e. The molecule has 0 spiro atoms. The van der Waals surface area contributed by atoms with Gasteiger partial charge in [-0.1, -0.05) is 18.2 Å². The van der Waals surface area contributed by atoms with Crippen molar-refractivity contribution in [3.05, 3.63) is 46.7 Å². The van der Waals surface area contributed by atoms with Crippen molar-refractivity contribution in [3.63, 3.8) is 0 Å². The predicted octanol–water partition coefficient (Wildman–Crippen LogP) is 4.69. The lowest BCUT2D eigenvalue weighted by Crippen LogP contribution is -1.97. The average molecular weight is 288 g/mol. The molecule has 0 radical (unpaired) electrons. The monoisotopic (exact) mass is 288 g/mol. The molecule has 2 nitrogen and oxygen atoms in total. The molecule has 19 heavy (non-hydrogen) atoms. The van der Waals surface area contributed by atoms with Gasteiger partial charge in [0.15, 0.2) is 0 Å². The molecule has 1 aromatic carbocycles. The molecule has 0 bridgehead atoms. The second-order valence-electron chi connectivity index (χ2n) is 4.19. The fraction of sp³-hybridized carbons (Fsp3) is 0.133. The lowest BCUT2D eigenvalue weighted by atomic mass is 10.2. The molecule has 2 heterocycles. The molecule has 3 rings (SSSR count). The van der Waals surface area contributed by atoms with E-state index < -0.39 is 0 Å². The van der Waals surface area contributed by atoms with E-state index in [1.54, 1.807) is 22.7 Å². The summed E-state index contributed by atoms with van der Waals surface area (Å²) in [6.07, 6.45) is 0. The Labute approximate surface area is 119 Å². The highest BCUT2D eigenvalue weighted by Crippen LogP contribution is 2.37. The molecule has 0 fully saturated rings. The number of hydrogen-bond donors (Lipinski definition) is 0. The first-order chi connectivity index (χ1) is 9.24. The number of thiophene rings is 2. The number of esters is 1. The van der Waals surface area contributed by atoms with Gasteiger partial charge in [-0.25, -0.2) is 0 Å². The number of hydrogen-bond acceptors (Lipinski definition) is 4. The number of carbonyl (C=O) groups is 1. The van der Waals surface area contributed by atoms with Crippen LogP contribution in [0.3, 0.4) is 0 Å². The summed E-state index contributed by atoms with van der Waals surface area (Å²) in [7, 11) is 0. The summed E-state index contributed by atoms with van der Waals surface area (Å²) >= 11 is 3.40. The van der Waals surface area contributed by atoms with Crippen LogP contribution in [0.4, 0.5) is 0 Å². The zero-order valence-electron chi connectivity index (χ0n) is 10.4. The highest BCUT2D eigenvalue weighted by molar-refractivity contribution is 7.22. The van der Waals surface area contributed by atoms with E-state index >= 15 is 0 Å². The zero-order valence-corrected chi connectivity index (χ0v) is 12.0. The third-order valence-electron chi connectivity index (χ3n) is 2.84. The number of rotatable bonds is 3. The van der Waals surface area contributed by atoms with E-state index in [9.17, 15) is 4.79 Å². The Kier molecular flexibility index (Phi) is 3.36. The van der Waals surface area contributed by atoms with Crippen LogP contribution in [0, 0.1) is 0 Å². The maximum Gasteiger partial charge on any atom is 0.302 e. The van der Waals surface area contributed by atoms with Crippen LogP contribution >= 0.6 is 22.7 Å². The highest BCUT2D eigenvalue weighted by Gasteiger charge is 2.11. The fourth-order valence-electron chi connectivity index (χ4n) is 1.95. The fourth-order valence-corrected chi connectivity index (χ4v) is 3.93. The first-order valence-electron chi connectivity index (χ1n) is 5.93. The van der Waals surface area contributed by atoms with Gasteiger partial charge in [-0.15, -0.1) is 22.7 Å². The van der Waals surface area contributed by atoms with E-state index in [2.05, 4.69) is 30.3 Å². The Morgan fingerprint density at radius 1 is 1.26 bits per heavy atom. The Morgan fingerprint density at radius 3 is 2.89 bits per heavy atom. The minimum Gasteiger partial charge on any atom is -0.460 e. The van der Waals surface area contributed by atoms with Gasteiger partial charge in [-0.3, -0.25) is 4.79 Å². The number of benzene rings is 1. The molecule has 0 amide bonds. The second-order valence-corrected chi connectivity index (χ2v) is 6.27. The smallest absolute Gasteiger partial charge is 0.302 e. The summed E-state index contributed by atoms with van der Waals surface area (Å²) in [6.45, 7) is 1.79. The quantitative estimate of drug-likeness (QED) is 0.653. The molecule has 2 aromatic heterocycles. The zero-order chi connectivity index (χ0) is 13.2. The van der Waals surface area contributed by atoms with Crippen molar-refractivity contribution in [1.29, 1.82) is 0 Å². The normalized spacial score (nSPS) is 10.8. The topological polar surface area (TPSA) is 26.3 Å². The van der Waals surface area contributed by atoms with Crippen molar-refractivity contribution in [2.24, 2.45) is 0 Å². The van der Waals surface area contributed by atoms with Crippen LogP contribution in [-0.4, -0.2) is 5.97 Å². The van der Waals surface area contributed by atoms with Crippen LogP contribution in [0.25, 0.3) is 20.5 Å². The Hall–Kier alpha value is -1.65. The molecule has 96 valence electrons. The summed E-state index contributed by atoms with van der Waals surface area (Å²) in [6, 6.07) is 12.6. The van der Waals surface area contributed by atoms with Crippen molar-refractivity contribution < 1.29 is 9.53 Å². The van der Waals surface area contributed by atoms with Crippen LogP contribution in [0.2, 0.25) is 0 Å². The van der Waals surface area contributed by atoms with Gasteiger partial charge in [0.05, 0.1) is 4.88 Å². The van der Waals surface area contributed by atoms with Gasteiger partial charge >= 0.3 is 5.97 Å². The van der Waals surface area contributed by atoms with Gasteiger partial charge in [-0.2, -0.15) is 0 Å². The first-order valence-corrected chi connectivity index (χ1v) is 7.62. The maximum absolute atomic E-state index is 10.9. The van der Waals surface area contributed by atoms with Crippen molar-refractivity contribution >= 4 is 38.7 Å². The van der Waals surface area contributed by atoms with Crippen LogP contribution in [0.1, 0.15) is 11.8 Å². The van der Waals surface area contributed by atoms with Gasteiger partial charge < -0.3 is 4.74 Å². The molecule has 0 aliphatic carbocycles. The molecule has 0 unspecified atom stereocenters. The summed E-state index contributed by atoms with van der Waals surface area (Å²) in [4.78, 5) is 13.2. The molecule has 0 aliphatic heterocycles. The molecular formula is C15H12O2S2. The van der Waals surface area contributed by atoms with Crippen molar-refractivity contribution in [1.82, 2.24) is 0 Å². The van der Waals surface area contributed by atoms with E-state index in [1.165, 1.54) is 27.5 Å². The van der Waals surface area contributed by atoms with E-state index in [0.717, 1.165) is 4.88 Å². The van der Waals surface area contributed by atoms with E-state index in [0.29, 0.717) is 6.61 Å². The minimum absolute atomic E-state index is 0.240. The van der Waals surface area contributed by atoms with E-state index in [-0.39, 0.29) is 5.97 Å². The first kappa shape index (κ1) is 12.4. The van der Waals surface area contributed by atoms with Crippen LogP contribution in [-0.2, 0) is 16.1 Å². The van der Waals surface area contributed by atoms with Gasteiger partial charge in [0.25, 0.3) is 0 Å². The van der Waals surface area contributed by atoms with E-state index in [1.807, 2.05) is 11.4 Å². The standard InChI is InChI=1S/C15H12O2S2/c1-10(16)17-9-15-12(6-7-18-15)14-8-11-4-2-3-5-13(11)19-14/h2-8H,9H2,1H3. The molecule has 0 saturated carbocycles. The summed E-state index contributed by atoms with van der Waals surface area (Å²) in [5.41, 5.74) is 1.17. The molecule has 4 heteroatoms. The molecule has 3 aromatic rings. The van der Waals surface area contributed by atoms with Gasteiger partial charge in [0.1, 0.15) is 6.61 Å². The van der Waals surface area contributed by atoms with Crippen LogP contribution in [0.5, 0.6) is 0 Å². The van der Waals surface area contributed by atoms with Crippen molar-refractivity contribution in [3.8, 4) is 10.4 Å². The number of carbonyl (C=O) groups excluding carboxylic acids is 1. The third kappa shape index (κ3) is 2.55. The highest BCUT2D eigenvalue weighted by atomic mass is 32.1. The summed E-state index contributed by atoms with van der Waals surface area (Å²) < 4.78 is 6.38. The summed E-state index contributed by atoms with van der Waals surface area (Å²) in [5, 5.41) is 3.30. The van der Waals surface area contributed by atoms with Gasteiger partial charge in [0, 0.05) is 22.1 Å². The number of fused-ring (bicyclic) bond motifs is 1. The Balaban J connectivity index is 1.97. The summed E-state index contributed by atoms with van der Waals surface area (Å²) in [5.74, 6) is -0.240. The van der Waals surface area contributed by atoms with Gasteiger partial charge in [-0.05, 0) is 29.0 Å². The maximum atomic E-state index is 10.9. The molecule has 0 aliphatic rings. The number of ether oxygens (including phenoxy) is 1. The lowest BCUT2D eigenvalue weighted by molar-refractivity contribution is -0.142. The second kappa shape index (κ2) is 5.15. The Bertz CT molecular complexity index is 691. The average Bonchev–Trinajstić information content (AvgIpc) is 3.02. The Morgan fingerprint density at radius 2 is 2.11 bits per heavy atom. The molecular weight excluding hydrogens is 276 g/mol. The van der Waals surface area contributed by atoms with Crippen LogP contribution in [0.15, 0.2) is 41.8 Å². The third-order valence-corrected chi connectivity index (χ3v) is 4.89. The van der Waals surface area contributed by atoms with Crippen molar-refractivity contribution in [2.75, 3.05) is 0 Å². The van der Waals surface area contributed by atoms with Crippen molar-refractivity contribution in [2.45, 2.75) is 13.5 Å². The minimum atomic E-state index is -0.240. The van der Waals surface area contributed by atoms with E-state index in [4.69, 9.17) is 4.74 Å². The predicted molar refractivity (Wildman–Crippen MR) is 80.6 cm³/mol. The van der Waals surface area contributed by atoms with Gasteiger partial charge in [0.2, 0.25) is 0 Å². The lowest BCUT2D eigenvalue weighted by Gasteiger charge is -2.02. The van der Waals surface area contributed by atoms with Crippen LogP contribution < -0.4 is 0 Å². The SMILES string of the molecule is CC(=O)OCc1sccc1-c1cc2ccccc2s1.